The van der Waals surface area contributed by atoms with Crippen LogP contribution in [0.4, 0.5) is 11.4 Å². The molecule has 0 aliphatic rings. The van der Waals surface area contributed by atoms with Crippen molar-refractivity contribution in [3.05, 3.63) is 70.3 Å². The normalized spacial score (nSPS) is 12.5. The van der Waals surface area contributed by atoms with Gasteiger partial charge in [-0.05, 0) is 25.1 Å². The molecule has 0 saturated heterocycles. The third-order valence-corrected chi connectivity index (χ3v) is 4.85. The van der Waals surface area contributed by atoms with Gasteiger partial charge in [-0.3, -0.25) is 19.2 Å². The number of hydrogen-bond acceptors (Lipinski definition) is 6. The highest BCUT2D eigenvalue weighted by molar-refractivity contribution is 7.92. The molecule has 0 aliphatic heterocycles. The number of amides is 1. The molecule has 1 N–H and O–H groups in total. The Hall–Kier alpha value is -3.27. The van der Waals surface area contributed by atoms with Gasteiger partial charge in [0.15, 0.2) is 0 Å². The van der Waals surface area contributed by atoms with E-state index < -0.39 is 26.9 Å². The molecule has 2 rings (SSSR count). The van der Waals surface area contributed by atoms with Crippen molar-refractivity contribution in [1.82, 2.24) is 5.43 Å². The van der Waals surface area contributed by atoms with Crippen molar-refractivity contribution in [2.24, 2.45) is 5.10 Å². The quantitative estimate of drug-likeness (QED) is 0.439. The number of anilines is 1. The van der Waals surface area contributed by atoms with Crippen molar-refractivity contribution in [2.75, 3.05) is 10.6 Å². The lowest BCUT2D eigenvalue weighted by Crippen LogP contribution is -2.46. The smallest absolute Gasteiger partial charge is 0.271 e. The van der Waals surface area contributed by atoms with Crippen LogP contribution in [-0.2, 0) is 14.8 Å². The molecular weight excluding hydrogens is 372 g/mol. The summed E-state index contributed by atoms with van der Waals surface area (Å²) in [6, 6.07) is 13.0. The largest absolute Gasteiger partial charge is 0.278 e. The monoisotopic (exact) mass is 390 g/mol. The maximum absolute atomic E-state index is 12.3. The van der Waals surface area contributed by atoms with Gasteiger partial charge in [-0.1, -0.05) is 30.3 Å². The molecule has 1 amide bonds. The van der Waals surface area contributed by atoms with E-state index in [4.69, 9.17) is 0 Å². The van der Waals surface area contributed by atoms with Crippen LogP contribution in [-0.4, -0.2) is 37.8 Å². The Morgan fingerprint density at radius 3 is 2.37 bits per heavy atom. The van der Waals surface area contributed by atoms with Gasteiger partial charge in [0, 0.05) is 6.07 Å². The molecule has 9 nitrogen and oxygen atoms in total. The van der Waals surface area contributed by atoms with Crippen LogP contribution in [0, 0.1) is 10.1 Å². The number of nitrogens with one attached hydrogen (secondary N) is 1. The van der Waals surface area contributed by atoms with Gasteiger partial charge >= 0.3 is 0 Å². The van der Waals surface area contributed by atoms with Crippen LogP contribution < -0.4 is 9.73 Å². The van der Waals surface area contributed by atoms with Crippen molar-refractivity contribution in [3.8, 4) is 0 Å². The van der Waals surface area contributed by atoms with Crippen molar-refractivity contribution >= 4 is 33.5 Å². The molecular formula is C17H18N4O5S. The van der Waals surface area contributed by atoms with E-state index in [9.17, 15) is 23.3 Å². The van der Waals surface area contributed by atoms with Gasteiger partial charge < -0.3 is 0 Å². The molecule has 0 fully saturated rings. The summed E-state index contributed by atoms with van der Waals surface area (Å²) in [4.78, 5) is 22.8. The number of hydrazone groups is 1. The Morgan fingerprint density at radius 1 is 1.19 bits per heavy atom. The Kier molecular flexibility index (Phi) is 6.24. The molecule has 142 valence electrons. The Morgan fingerprint density at radius 2 is 1.78 bits per heavy atom. The minimum atomic E-state index is -3.73. The summed E-state index contributed by atoms with van der Waals surface area (Å²) in [5.41, 5.74) is 2.60. The number of nitrogens with zero attached hydrogens (tertiary/aromatic N) is 3. The second kappa shape index (κ2) is 8.41. The third kappa shape index (κ3) is 5.11. The van der Waals surface area contributed by atoms with Gasteiger partial charge in [-0.15, -0.1) is 0 Å². The summed E-state index contributed by atoms with van der Waals surface area (Å²) in [6.45, 7) is 1.42. The lowest BCUT2D eigenvalue weighted by atomic mass is 10.2. The van der Waals surface area contributed by atoms with E-state index in [1.165, 1.54) is 25.1 Å². The fourth-order valence-electron chi connectivity index (χ4n) is 2.41. The topological polar surface area (TPSA) is 122 Å². The molecule has 0 spiro atoms. The number of nitro groups is 1. The molecule has 2 aromatic carbocycles. The van der Waals surface area contributed by atoms with Crippen LogP contribution in [0.1, 0.15) is 12.5 Å². The zero-order valence-electron chi connectivity index (χ0n) is 14.6. The highest BCUT2D eigenvalue weighted by Crippen LogP contribution is 2.20. The molecule has 27 heavy (non-hydrogen) atoms. The summed E-state index contributed by atoms with van der Waals surface area (Å²) in [5, 5.41) is 14.7. The molecule has 0 bridgehead atoms. The van der Waals surface area contributed by atoms with E-state index in [1.54, 1.807) is 36.4 Å². The van der Waals surface area contributed by atoms with E-state index in [0.29, 0.717) is 5.69 Å². The second-order valence-corrected chi connectivity index (χ2v) is 7.48. The van der Waals surface area contributed by atoms with Gasteiger partial charge in [0.1, 0.15) is 6.04 Å². The maximum Gasteiger partial charge on any atom is 0.278 e. The number of benzene rings is 2. The summed E-state index contributed by atoms with van der Waals surface area (Å²) in [6.07, 6.45) is 2.14. The highest BCUT2D eigenvalue weighted by Gasteiger charge is 2.28. The van der Waals surface area contributed by atoms with Crippen molar-refractivity contribution < 1.29 is 18.1 Å². The van der Waals surface area contributed by atoms with Crippen LogP contribution in [0.2, 0.25) is 0 Å². The van der Waals surface area contributed by atoms with E-state index in [2.05, 4.69) is 10.5 Å². The Balaban J connectivity index is 2.18. The first-order valence-corrected chi connectivity index (χ1v) is 9.67. The average molecular weight is 390 g/mol. The first kappa shape index (κ1) is 20.0. The summed E-state index contributed by atoms with van der Waals surface area (Å²) in [7, 11) is -3.73. The zero-order chi connectivity index (χ0) is 20.0. The number of nitro benzene ring substituents is 1. The second-order valence-electron chi connectivity index (χ2n) is 5.62. The molecule has 0 radical (unpaired) electrons. The third-order valence-electron chi connectivity index (χ3n) is 3.61. The van der Waals surface area contributed by atoms with Gasteiger partial charge in [0.25, 0.3) is 11.6 Å². The molecule has 10 heteroatoms. The first-order valence-electron chi connectivity index (χ1n) is 7.82. The van der Waals surface area contributed by atoms with Crippen LogP contribution >= 0.6 is 0 Å². The van der Waals surface area contributed by atoms with Crippen LogP contribution in [0.25, 0.3) is 0 Å². The first-order chi connectivity index (χ1) is 12.7. The number of carbonyl (C=O) groups is 1. The van der Waals surface area contributed by atoms with Crippen molar-refractivity contribution in [2.45, 2.75) is 13.0 Å². The molecule has 0 saturated carbocycles. The van der Waals surface area contributed by atoms with Crippen molar-refractivity contribution in [3.63, 3.8) is 0 Å². The van der Waals surface area contributed by atoms with Crippen LogP contribution in [0.15, 0.2) is 59.7 Å². The minimum Gasteiger partial charge on any atom is -0.271 e. The fourth-order valence-corrected chi connectivity index (χ4v) is 3.58. The average Bonchev–Trinajstić information content (AvgIpc) is 2.61. The van der Waals surface area contributed by atoms with E-state index in [1.807, 2.05) is 0 Å². The minimum absolute atomic E-state index is 0.161. The predicted octanol–water partition coefficient (Wildman–Crippen LogP) is 1.90. The van der Waals surface area contributed by atoms with Crippen LogP contribution in [0.3, 0.4) is 0 Å². The number of carbonyl (C=O) groups excluding carboxylic acids is 1. The molecule has 0 aromatic heterocycles. The standard InChI is InChI=1S/C17H18N4O5S/c1-13(20(27(2,25)26)15-9-4-3-5-10-15)17(22)19-18-12-14-8-6-7-11-16(14)21(23)24/h3-13H,1-2H3,(H,19,22)/b18-12-/t13-/m1/s1. The summed E-state index contributed by atoms with van der Waals surface area (Å²) < 4.78 is 25.2. The Bertz CT molecular complexity index is 960. The number of hydrogen-bond donors (Lipinski definition) is 1. The van der Waals surface area contributed by atoms with Crippen LogP contribution in [0.5, 0.6) is 0 Å². The van der Waals surface area contributed by atoms with Gasteiger partial charge in [0.2, 0.25) is 10.0 Å². The van der Waals surface area contributed by atoms with E-state index in [0.717, 1.165) is 16.8 Å². The molecule has 0 unspecified atom stereocenters. The molecule has 0 heterocycles. The summed E-state index contributed by atoms with van der Waals surface area (Å²) in [5.74, 6) is -0.681. The Labute approximate surface area is 156 Å². The fraction of sp³-hybridized carbons (Fsp3) is 0.176. The molecule has 0 aliphatic carbocycles. The van der Waals surface area contributed by atoms with E-state index >= 15 is 0 Å². The predicted molar refractivity (Wildman–Crippen MR) is 102 cm³/mol. The SMILES string of the molecule is C[C@H](C(=O)N/N=C\c1ccccc1[N+](=O)[O-])N(c1ccccc1)S(C)(=O)=O. The lowest BCUT2D eigenvalue weighted by molar-refractivity contribution is -0.385. The maximum atomic E-state index is 12.3. The highest BCUT2D eigenvalue weighted by atomic mass is 32.2. The van der Waals surface area contributed by atoms with E-state index in [-0.39, 0.29) is 11.3 Å². The van der Waals surface area contributed by atoms with Gasteiger partial charge in [-0.25, -0.2) is 13.8 Å². The number of rotatable bonds is 7. The molecule has 2 aromatic rings. The lowest BCUT2D eigenvalue weighted by Gasteiger charge is -2.27. The van der Waals surface area contributed by atoms with Crippen molar-refractivity contribution in [1.29, 1.82) is 0 Å². The van der Waals surface area contributed by atoms with Gasteiger partial charge in [0.05, 0.1) is 28.6 Å². The molecule has 1 atom stereocenters. The zero-order valence-corrected chi connectivity index (χ0v) is 15.5. The summed E-state index contributed by atoms with van der Waals surface area (Å²) >= 11 is 0. The number of para-hydroxylation sites is 2. The number of sulfonamides is 1. The van der Waals surface area contributed by atoms with Gasteiger partial charge in [-0.2, -0.15) is 5.10 Å².